The fraction of sp³-hybridized carbons (Fsp3) is 0.0833. The molecule has 98 valence electrons. The van der Waals surface area contributed by atoms with Crippen LogP contribution in [0.3, 0.4) is 0 Å². The first-order valence-electron chi connectivity index (χ1n) is 5.24. The molecular weight excluding hydrogens is 275 g/mol. The fourth-order valence-corrected chi connectivity index (χ4v) is 1.63. The predicted octanol–water partition coefficient (Wildman–Crippen LogP) is 3.36. The summed E-state index contributed by atoms with van der Waals surface area (Å²) in [6.45, 7) is -0.000555. The summed E-state index contributed by atoms with van der Waals surface area (Å²) >= 11 is 5.89. The lowest BCUT2D eigenvalue weighted by Gasteiger charge is -2.07. The van der Waals surface area contributed by atoms with Gasteiger partial charge in [-0.15, -0.1) is 0 Å². The zero-order valence-electron chi connectivity index (χ0n) is 9.55. The summed E-state index contributed by atoms with van der Waals surface area (Å²) in [6.07, 6.45) is 1.31. The third-order valence-electron chi connectivity index (χ3n) is 2.36. The molecule has 1 aromatic heterocycles. The lowest BCUT2D eigenvalue weighted by molar-refractivity contribution is -0.384. The number of hydrogen-bond donors (Lipinski definition) is 0. The van der Waals surface area contributed by atoms with E-state index in [1.807, 2.05) is 0 Å². The van der Waals surface area contributed by atoms with E-state index < -0.39 is 10.9 Å². The van der Waals surface area contributed by atoms with Crippen molar-refractivity contribution in [1.29, 1.82) is 0 Å². The van der Waals surface area contributed by atoms with Gasteiger partial charge in [0.15, 0.2) is 5.75 Å². The Morgan fingerprint density at radius 3 is 2.84 bits per heavy atom. The minimum absolute atomic E-state index is 0.000555. The molecule has 0 fully saturated rings. The molecule has 0 spiro atoms. The molecule has 7 heteroatoms. The van der Waals surface area contributed by atoms with Crippen molar-refractivity contribution in [2.45, 2.75) is 6.61 Å². The van der Waals surface area contributed by atoms with Crippen LogP contribution >= 0.6 is 11.6 Å². The SMILES string of the molecule is O=[N+]([O-])c1ccc(COc2cccnc2F)c(Cl)c1. The molecule has 0 aliphatic carbocycles. The highest BCUT2D eigenvalue weighted by molar-refractivity contribution is 6.31. The molecule has 5 nitrogen and oxygen atoms in total. The Hall–Kier alpha value is -2.21. The second kappa shape index (κ2) is 5.62. The van der Waals surface area contributed by atoms with Crippen molar-refractivity contribution in [3.05, 3.63) is 63.2 Å². The van der Waals surface area contributed by atoms with E-state index in [1.165, 1.54) is 36.5 Å². The Labute approximate surface area is 112 Å². The largest absolute Gasteiger partial charge is 0.484 e. The molecule has 0 saturated carbocycles. The van der Waals surface area contributed by atoms with E-state index in [0.717, 1.165) is 0 Å². The van der Waals surface area contributed by atoms with Crippen molar-refractivity contribution < 1.29 is 14.1 Å². The summed E-state index contributed by atoms with van der Waals surface area (Å²) in [7, 11) is 0. The monoisotopic (exact) mass is 282 g/mol. The van der Waals surface area contributed by atoms with E-state index in [0.29, 0.717) is 5.56 Å². The molecule has 1 heterocycles. The van der Waals surface area contributed by atoms with Crippen LogP contribution in [-0.2, 0) is 6.61 Å². The number of pyridine rings is 1. The van der Waals surface area contributed by atoms with E-state index in [-0.39, 0.29) is 23.1 Å². The van der Waals surface area contributed by atoms with E-state index in [4.69, 9.17) is 16.3 Å². The number of benzene rings is 1. The van der Waals surface area contributed by atoms with E-state index >= 15 is 0 Å². The van der Waals surface area contributed by atoms with Crippen LogP contribution in [0.5, 0.6) is 5.75 Å². The first kappa shape index (κ1) is 13.2. The molecule has 0 aliphatic rings. The molecule has 0 unspecified atom stereocenters. The van der Waals surface area contributed by atoms with Gasteiger partial charge < -0.3 is 4.74 Å². The minimum Gasteiger partial charge on any atom is -0.484 e. The molecule has 0 aliphatic heterocycles. The minimum atomic E-state index is -0.722. The second-order valence-electron chi connectivity index (χ2n) is 3.61. The van der Waals surface area contributed by atoms with Crippen molar-refractivity contribution in [2.75, 3.05) is 0 Å². The number of hydrogen-bond acceptors (Lipinski definition) is 4. The Balaban J connectivity index is 2.12. The van der Waals surface area contributed by atoms with Crippen molar-refractivity contribution in [3.63, 3.8) is 0 Å². The molecule has 2 aromatic rings. The standard InChI is InChI=1S/C12H8ClFN2O3/c13-10-6-9(16(17)18)4-3-8(10)7-19-11-2-1-5-15-12(11)14/h1-6H,7H2. The van der Waals surface area contributed by atoms with Crippen LogP contribution in [-0.4, -0.2) is 9.91 Å². The van der Waals surface area contributed by atoms with E-state index in [1.54, 1.807) is 0 Å². The summed E-state index contributed by atoms with van der Waals surface area (Å²) in [6, 6.07) is 6.97. The number of aromatic nitrogens is 1. The smallest absolute Gasteiger partial charge is 0.270 e. The normalized spacial score (nSPS) is 10.2. The maximum absolute atomic E-state index is 13.2. The highest BCUT2D eigenvalue weighted by Crippen LogP contribution is 2.24. The van der Waals surface area contributed by atoms with Gasteiger partial charge in [-0.05, 0) is 18.2 Å². The van der Waals surface area contributed by atoms with E-state index in [9.17, 15) is 14.5 Å². The number of nitro benzene ring substituents is 1. The van der Waals surface area contributed by atoms with Gasteiger partial charge in [-0.25, -0.2) is 4.98 Å². The lowest BCUT2D eigenvalue weighted by atomic mass is 10.2. The number of nitrogens with zero attached hydrogens (tertiary/aromatic N) is 2. The van der Waals surface area contributed by atoms with Crippen molar-refractivity contribution >= 4 is 17.3 Å². The molecule has 0 amide bonds. The summed E-state index contributed by atoms with van der Waals surface area (Å²) < 4.78 is 18.4. The molecular formula is C12H8ClFN2O3. The van der Waals surface area contributed by atoms with Crippen molar-refractivity contribution in [2.24, 2.45) is 0 Å². The highest BCUT2D eigenvalue weighted by atomic mass is 35.5. The number of nitro groups is 1. The predicted molar refractivity (Wildman–Crippen MR) is 66.6 cm³/mol. The van der Waals surface area contributed by atoms with E-state index in [2.05, 4.69) is 4.98 Å². The average molecular weight is 283 g/mol. The first-order chi connectivity index (χ1) is 9.08. The summed E-state index contributed by atoms with van der Waals surface area (Å²) in [5.74, 6) is -0.725. The van der Waals surface area contributed by atoms with Gasteiger partial charge in [0.2, 0.25) is 0 Å². The van der Waals surface area contributed by atoms with Crippen LogP contribution in [0.4, 0.5) is 10.1 Å². The average Bonchev–Trinajstić information content (AvgIpc) is 2.39. The molecule has 0 N–H and O–H groups in total. The second-order valence-corrected chi connectivity index (χ2v) is 4.02. The van der Waals surface area contributed by atoms with Crippen LogP contribution in [0, 0.1) is 16.1 Å². The topological polar surface area (TPSA) is 65.3 Å². The molecule has 0 radical (unpaired) electrons. The maximum atomic E-state index is 13.2. The quantitative estimate of drug-likeness (QED) is 0.490. The lowest BCUT2D eigenvalue weighted by Crippen LogP contribution is -1.99. The summed E-state index contributed by atoms with van der Waals surface area (Å²) in [5, 5.41) is 10.7. The molecule has 0 bridgehead atoms. The van der Waals surface area contributed by atoms with Gasteiger partial charge in [-0.2, -0.15) is 4.39 Å². The zero-order chi connectivity index (χ0) is 13.8. The third kappa shape index (κ3) is 3.17. The Morgan fingerprint density at radius 2 is 2.21 bits per heavy atom. The van der Waals surface area contributed by atoms with Gasteiger partial charge in [0.1, 0.15) is 6.61 Å². The maximum Gasteiger partial charge on any atom is 0.270 e. The van der Waals surface area contributed by atoms with Gasteiger partial charge in [-0.1, -0.05) is 11.6 Å². The summed E-state index contributed by atoms with van der Waals surface area (Å²) in [5.41, 5.74) is 0.414. The zero-order valence-corrected chi connectivity index (χ0v) is 10.3. The Morgan fingerprint density at radius 1 is 1.42 bits per heavy atom. The van der Waals surface area contributed by atoms with Gasteiger partial charge in [-0.3, -0.25) is 10.1 Å². The van der Waals surface area contributed by atoms with Crippen molar-refractivity contribution in [1.82, 2.24) is 4.98 Å². The number of non-ortho nitro benzene ring substituents is 1. The summed E-state index contributed by atoms with van der Waals surface area (Å²) in [4.78, 5) is 13.4. The molecule has 0 atom stereocenters. The number of rotatable bonds is 4. The van der Waals surface area contributed by atoms with Crippen LogP contribution in [0.25, 0.3) is 0 Å². The van der Waals surface area contributed by atoms with Gasteiger partial charge in [0.25, 0.3) is 11.6 Å². The fourth-order valence-electron chi connectivity index (χ4n) is 1.40. The third-order valence-corrected chi connectivity index (χ3v) is 2.71. The van der Waals surface area contributed by atoms with Crippen LogP contribution in [0.2, 0.25) is 5.02 Å². The van der Waals surface area contributed by atoms with Crippen LogP contribution in [0.1, 0.15) is 5.56 Å². The van der Waals surface area contributed by atoms with Crippen LogP contribution < -0.4 is 4.74 Å². The Bertz CT molecular complexity index is 622. The van der Waals surface area contributed by atoms with Crippen molar-refractivity contribution in [3.8, 4) is 5.75 Å². The number of ether oxygens (including phenoxy) is 1. The molecule has 0 saturated heterocycles. The highest BCUT2D eigenvalue weighted by Gasteiger charge is 2.10. The van der Waals surface area contributed by atoms with Gasteiger partial charge in [0.05, 0.1) is 9.95 Å². The van der Waals surface area contributed by atoms with Gasteiger partial charge in [0, 0.05) is 23.9 Å². The molecule has 1 aromatic carbocycles. The van der Waals surface area contributed by atoms with Gasteiger partial charge >= 0.3 is 0 Å². The molecule has 2 rings (SSSR count). The first-order valence-corrected chi connectivity index (χ1v) is 5.62. The number of halogens is 2. The van der Waals surface area contributed by atoms with Crippen LogP contribution in [0.15, 0.2) is 36.5 Å². The molecule has 19 heavy (non-hydrogen) atoms. The Kier molecular flexibility index (Phi) is 3.91.